The maximum absolute atomic E-state index is 10.5. The van der Waals surface area contributed by atoms with E-state index in [2.05, 4.69) is 4.98 Å². The first-order valence-corrected chi connectivity index (χ1v) is 5.15. The number of phenolic OH excluding ortho intramolecular Hbond substituents is 1. The minimum absolute atomic E-state index is 0.261. The van der Waals surface area contributed by atoms with E-state index in [1.54, 1.807) is 24.1 Å². The highest BCUT2D eigenvalue weighted by molar-refractivity contribution is 5.84. The third-order valence-electron chi connectivity index (χ3n) is 2.66. The molecule has 1 aromatic heterocycles. The summed E-state index contributed by atoms with van der Waals surface area (Å²) in [6, 6.07) is 5.24. The van der Waals surface area contributed by atoms with Crippen molar-refractivity contribution < 1.29 is 9.90 Å². The van der Waals surface area contributed by atoms with Crippen LogP contribution < -0.4 is 0 Å². The van der Waals surface area contributed by atoms with Crippen LogP contribution in [0, 0.1) is 0 Å². The highest BCUT2D eigenvalue weighted by Gasteiger charge is 2.05. The molecule has 0 bridgehead atoms. The van der Waals surface area contributed by atoms with Gasteiger partial charge < -0.3 is 15.0 Å². The first-order valence-electron chi connectivity index (χ1n) is 5.15. The molecule has 0 aliphatic heterocycles. The molecule has 1 heterocycles. The molecule has 0 unspecified atom stereocenters. The summed E-state index contributed by atoms with van der Waals surface area (Å²) in [6.07, 6.45) is 3.51. The van der Waals surface area contributed by atoms with Gasteiger partial charge in [0, 0.05) is 30.7 Å². The van der Waals surface area contributed by atoms with E-state index in [0.29, 0.717) is 6.54 Å². The Labute approximate surface area is 93.5 Å². The first kappa shape index (κ1) is 10.5. The number of aromatic nitrogens is 1. The lowest BCUT2D eigenvalue weighted by molar-refractivity contribution is -0.116. The monoisotopic (exact) mass is 218 g/mol. The molecule has 0 radical (unpaired) electrons. The van der Waals surface area contributed by atoms with E-state index in [4.69, 9.17) is 0 Å². The van der Waals surface area contributed by atoms with Crippen LogP contribution in [0.4, 0.5) is 0 Å². The van der Waals surface area contributed by atoms with Gasteiger partial charge in [0.05, 0.1) is 0 Å². The van der Waals surface area contributed by atoms with Crippen molar-refractivity contribution in [3.05, 3.63) is 30.0 Å². The van der Waals surface area contributed by atoms with Crippen molar-refractivity contribution in [2.24, 2.45) is 0 Å². The predicted molar refractivity (Wildman–Crippen MR) is 62.4 cm³/mol. The summed E-state index contributed by atoms with van der Waals surface area (Å²) in [5.41, 5.74) is 2.11. The molecule has 4 heteroatoms. The number of rotatable bonds is 4. The molecule has 2 N–H and O–H groups in total. The summed E-state index contributed by atoms with van der Waals surface area (Å²) in [4.78, 5) is 15.2. The van der Waals surface area contributed by atoms with Gasteiger partial charge in [-0.05, 0) is 30.2 Å². The van der Waals surface area contributed by atoms with Crippen molar-refractivity contribution in [1.29, 1.82) is 0 Å². The number of carbonyl (C=O) groups is 1. The van der Waals surface area contributed by atoms with E-state index >= 15 is 0 Å². The largest absolute Gasteiger partial charge is 0.508 e. The van der Waals surface area contributed by atoms with Crippen LogP contribution in [-0.2, 0) is 11.2 Å². The summed E-state index contributed by atoms with van der Waals surface area (Å²) < 4.78 is 0. The van der Waals surface area contributed by atoms with Crippen LogP contribution in [0.5, 0.6) is 5.75 Å². The molecule has 4 nitrogen and oxygen atoms in total. The number of hydrogen-bond acceptors (Lipinski definition) is 2. The number of nitrogens with zero attached hydrogens (tertiary/aromatic N) is 1. The number of hydrogen-bond donors (Lipinski definition) is 2. The predicted octanol–water partition coefficient (Wildman–Crippen LogP) is 1.50. The third-order valence-corrected chi connectivity index (χ3v) is 2.66. The van der Waals surface area contributed by atoms with E-state index in [1.165, 1.54) is 0 Å². The zero-order chi connectivity index (χ0) is 11.5. The summed E-state index contributed by atoms with van der Waals surface area (Å²) in [6.45, 7) is 0.673. The number of carbonyl (C=O) groups excluding carboxylic acids is 1. The van der Waals surface area contributed by atoms with Crippen LogP contribution in [0.15, 0.2) is 24.4 Å². The Morgan fingerprint density at radius 1 is 1.50 bits per heavy atom. The summed E-state index contributed by atoms with van der Waals surface area (Å²) in [7, 11) is 1.75. The van der Waals surface area contributed by atoms with E-state index < -0.39 is 0 Å². The Morgan fingerprint density at radius 3 is 3.06 bits per heavy atom. The smallest absolute Gasteiger partial charge is 0.209 e. The molecular weight excluding hydrogens is 204 g/mol. The zero-order valence-corrected chi connectivity index (χ0v) is 9.10. The maximum Gasteiger partial charge on any atom is 0.209 e. The van der Waals surface area contributed by atoms with Crippen LogP contribution in [0.25, 0.3) is 10.9 Å². The number of nitrogens with one attached hydrogen (secondary N) is 1. The van der Waals surface area contributed by atoms with Crippen molar-refractivity contribution in [3.63, 3.8) is 0 Å². The highest BCUT2D eigenvalue weighted by atomic mass is 16.3. The Kier molecular flexibility index (Phi) is 2.81. The van der Waals surface area contributed by atoms with Crippen molar-refractivity contribution in [2.45, 2.75) is 6.42 Å². The number of H-pyrrole nitrogens is 1. The van der Waals surface area contributed by atoms with Gasteiger partial charge in [0.2, 0.25) is 6.41 Å². The Balaban J connectivity index is 2.24. The summed E-state index contributed by atoms with van der Waals surface area (Å²) in [5, 5.41) is 10.4. The first-order chi connectivity index (χ1) is 7.70. The second-order valence-corrected chi connectivity index (χ2v) is 3.88. The SMILES string of the molecule is CN(C=O)CCc1c[nH]c2ccc(O)cc12. The van der Waals surface area contributed by atoms with Gasteiger partial charge >= 0.3 is 0 Å². The van der Waals surface area contributed by atoms with Gasteiger partial charge in [-0.2, -0.15) is 0 Å². The van der Waals surface area contributed by atoms with Gasteiger partial charge in [0.25, 0.3) is 0 Å². The van der Waals surface area contributed by atoms with E-state index in [1.807, 2.05) is 12.3 Å². The molecule has 0 atom stereocenters. The van der Waals surface area contributed by atoms with Gasteiger partial charge in [-0.25, -0.2) is 0 Å². The minimum Gasteiger partial charge on any atom is -0.508 e. The van der Waals surface area contributed by atoms with Gasteiger partial charge in [0.1, 0.15) is 5.75 Å². The molecule has 0 saturated carbocycles. The number of aromatic hydroxyl groups is 1. The molecule has 2 rings (SSSR count). The van der Waals surface area contributed by atoms with Crippen LogP contribution >= 0.6 is 0 Å². The number of amides is 1. The molecule has 1 aromatic carbocycles. The molecular formula is C12H14N2O2. The lowest BCUT2D eigenvalue weighted by Crippen LogP contribution is -2.18. The van der Waals surface area contributed by atoms with Crippen molar-refractivity contribution in [1.82, 2.24) is 9.88 Å². The standard InChI is InChI=1S/C12H14N2O2/c1-14(8-15)5-4-9-7-13-12-3-2-10(16)6-11(9)12/h2-3,6-8,13,16H,4-5H2,1H3. The molecule has 0 aliphatic rings. The molecule has 0 aliphatic carbocycles. The maximum atomic E-state index is 10.5. The molecule has 16 heavy (non-hydrogen) atoms. The van der Waals surface area contributed by atoms with Gasteiger partial charge in [-0.3, -0.25) is 4.79 Å². The number of aromatic amines is 1. The van der Waals surface area contributed by atoms with E-state index in [-0.39, 0.29) is 5.75 Å². The Morgan fingerprint density at radius 2 is 2.31 bits per heavy atom. The van der Waals surface area contributed by atoms with Crippen LogP contribution in [-0.4, -0.2) is 35.0 Å². The highest BCUT2D eigenvalue weighted by Crippen LogP contribution is 2.23. The van der Waals surface area contributed by atoms with E-state index in [9.17, 15) is 9.90 Å². The fourth-order valence-corrected chi connectivity index (χ4v) is 1.72. The van der Waals surface area contributed by atoms with Crippen molar-refractivity contribution in [2.75, 3.05) is 13.6 Å². The van der Waals surface area contributed by atoms with Crippen LogP contribution in [0.1, 0.15) is 5.56 Å². The van der Waals surface area contributed by atoms with Crippen LogP contribution in [0.2, 0.25) is 0 Å². The molecule has 1 amide bonds. The number of phenols is 1. The van der Waals surface area contributed by atoms with E-state index in [0.717, 1.165) is 29.3 Å². The Hall–Kier alpha value is -1.97. The lowest BCUT2D eigenvalue weighted by atomic mass is 10.1. The van der Waals surface area contributed by atoms with Crippen molar-refractivity contribution >= 4 is 17.3 Å². The number of benzene rings is 1. The Bertz CT molecular complexity index is 505. The molecule has 2 aromatic rings. The quantitative estimate of drug-likeness (QED) is 0.764. The average Bonchev–Trinajstić information content (AvgIpc) is 2.68. The number of likely N-dealkylation sites (N-methyl/N-ethyl adjacent to an activating group) is 1. The van der Waals surface area contributed by atoms with Crippen LogP contribution in [0.3, 0.4) is 0 Å². The fourth-order valence-electron chi connectivity index (χ4n) is 1.72. The third kappa shape index (κ3) is 2.00. The normalized spacial score (nSPS) is 10.6. The second-order valence-electron chi connectivity index (χ2n) is 3.88. The van der Waals surface area contributed by atoms with Gasteiger partial charge in [-0.1, -0.05) is 0 Å². The molecule has 0 spiro atoms. The zero-order valence-electron chi connectivity index (χ0n) is 9.10. The lowest BCUT2D eigenvalue weighted by Gasteiger charge is -2.09. The number of fused-ring (bicyclic) bond motifs is 1. The van der Waals surface area contributed by atoms with Crippen molar-refractivity contribution in [3.8, 4) is 5.75 Å². The summed E-state index contributed by atoms with van der Waals surface area (Å²) >= 11 is 0. The molecule has 84 valence electrons. The molecule has 0 fully saturated rings. The fraction of sp³-hybridized carbons (Fsp3) is 0.250. The second kappa shape index (κ2) is 4.26. The van der Waals surface area contributed by atoms with Gasteiger partial charge in [-0.15, -0.1) is 0 Å². The topological polar surface area (TPSA) is 56.3 Å². The minimum atomic E-state index is 0.261. The summed E-state index contributed by atoms with van der Waals surface area (Å²) in [5.74, 6) is 0.261. The average molecular weight is 218 g/mol. The van der Waals surface area contributed by atoms with Gasteiger partial charge in [0.15, 0.2) is 0 Å². The molecule has 0 saturated heterocycles.